The van der Waals surface area contributed by atoms with Crippen molar-refractivity contribution in [2.24, 2.45) is 0 Å². The number of carbonyl (C=O) groups is 1. The van der Waals surface area contributed by atoms with Gasteiger partial charge in [0.1, 0.15) is 12.4 Å². The highest BCUT2D eigenvalue weighted by molar-refractivity contribution is 5.94. The van der Waals surface area contributed by atoms with Gasteiger partial charge < -0.3 is 24.3 Å². The van der Waals surface area contributed by atoms with Crippen LogP contribution in [0.15, 0.2) is 60.7 Å². The van der Waals surface area contributed by atoms with Crippen molar-refractivity contribution in [2.45, 2.75) is 13.0 Å². The molecule has 0 spiro atoms. The summed E-state index contributed by atoms with van der Waals surface area (Å²) < 4.78 is 31.5. The number of carboxylic acids is 1. The molecule has 0 aliphatic heterocycles. The van der Waals surface area contributed by atoms with Crippen molar-refractivity contribution in [1.29, 1.82) is 0 Å². The number of rotatable bonds is 8. The molecule has 164 valence electrons. The second kappa shape index (κ2) is 9.01. The normalized spacial score (nSPS) is 10.8. The predicted octanol–water partition coefficient (Wildman–Crippen LogP) is 5.20. The van der Waals surface area contributed by atoms with Crippen LogP contribution in [-0.2, 0) is 17.8 Å². The molecule has 0 fully saturated rings. The second-order valence-electron chi connectivity index (χ2n) is 7.20. The van der Waals surface area contributed by atoms with Crippen molar-refractivity contribution in [3.8, 4) is 28.5 Å². The van der Waals surface area contributed by atoms with E-state index in [4.69, 9.17) is 14.2 Å². The van der Waals surface area contributed by atoms with Crippen LogP contribution < -0.4 is 14.2 Å². The Balaban J connectivity index is 1.81. The van der Waals surface area contributed by atoms with E-state index in [9.17, 15) is 14.3 Å². The van der Waals surface area contributed by atoms with Gasteiger partial charge in [-0.25, -0.2) is 4.39 Å². The van der Waals surface area contributed by atoms with E-state index in [-0.39, 0.29) is 11.9 Å². The summed E-state index contributed by atoms with van der Waals surface area (Å²) in [6.07, 6.45) is -0.268. The van der Waals surface area contributed by atoms with E-state index < -0.39 is 11.8 Å². The number of nitrogens with one attached hydrogen (secondary N) is 1. The number of benzene rings is 3. The molecule has 3 aromatic carbocycles. The molecule has 7 heteroatoms. The van der Waals surface area contributed by atoms with Crippen LogP contribution in [0.3, 0.4) is 0 Å². The molecule has 32 heavy (non-hydrogen) atoms. The number of aliphatic carboxylic acids is 1. The van der Waals surface area contributed by atoms with Gasteiger partial charge in [0.2, 0.25) is 5.75 Å². The smallest absolute Gasteiger partial charge is 0.307 e. The number of H-pyrrole nitrogens is 1. The van der Waals surface area contributed by atoms with E-state index >= 15 is 0 Å². The highest BCUT2D eigenvalue weighted by atomic mass is 19.1. The third-order valence-corrected chi connectivity index (χ3v) is 5.19. The molecule has 0 saturated heterocycles. The second-order valence-corrected chi connectivity index (χ2v) is 7.20. The Kier molecular flexibility index (Phi) is 5.98. The Hall–Kier alpha value is -4.00. The van der Waals surface area contributed by atoms with Crippen LogP contribution in [0.4, 0.5) is 4.39 Å². The van der Waals surface area contributed by atoms with Crippen molar-refractivity contribution < 1.29 is 28.5 Å². The number of aromatic amines is 1. The number of methoxy groups -OCH3 is 2. The molecule has 0 saturated carbocycles. The number of hydrogen-bond acceptors (Lipinski definition) is 4. The van der Waals surface area contributed by atoms with Crippen molar-refractivity contribution in [3.63, 3.8) is 0 Å². The molecule has 0 aliphatic rings. The lowest BCUT2D eigenvalue weighted by atomic mass is 10.0. The molecule has 0 aliphatic carbocycles. The molecular weight excluding hydrogens is 413 g/mol. The standard InChI is InChI=1S/C25H22FNO5/c1-30-20-11-16(12-21(31-2)25(20)32-14-15-7-4-3-5-8-15)23-18(13-22(28)29)17-9-6-10-19(26)24(17)27-23/h3-12,27H,13-14H2,1-2H3,(H,28,29). The summed E-state index contributed by atoms with van der Waals surface area (Å²) in [6, 6.07) is 17.7. The van der Waals surface area contributed by atoms with Gasteiger partial charge in [0.25, 0.3) is 0 Å². The Morgan fingerprint density at radius 3 is 2.31 bits per heavy atom. The van der Waals surface area contributed by atoms with E-state index in [0.717, 1.165) is 5.56 Å². The van der Waals surface area contributed by atoms with Crippen LogP contribution in [0.1, 0.15) is 11.1 Å². The monoisotopic (exact) mass is 435 g/mol. The lowest BCUT2D eigenvalue weighted by molar-refractivity contribution is -0.136. The van der Waals surface area contributed by atoms with Crippen LogP contribution in [-0.4, -0.2) is 30.3 Å². The fourth-order valence-electron chi connectivity index (χ4n) is 3.72. The van der Waals surface area contributed by atoms with Gasteiger partial charge in [-0.05, 0) is 29.3 Å². The SMILES string of the molecule is COc1cc(-c2[nH]c3c(F)cccc3c2CC(=O)O)cc(OC)c1OCc1ccccc1. The minimum absolute atomic E-state index is 0.251. The van der Waals surface area contributed by atoms with Crippen molar-refractivity contribution in [1.82, 2.24) is 4.98 Å². The number of hydrogen-bond donors (Lipinski definition) is 2. The lowest BCUT2D eigenvalue weighted by Gasteiger charge is -2.16. The minimum Gasteiger partial charge on any atom is -0.493 e. The van der Waals surface area contributed by atoms with Gasteiger partial charge in [-0.3, -0.25) is 4.79 Å². The van der Waals surface area contributed by atoms with Crippen LogP contribution in [0.2, 0.25) is 0 Å². The third kappa shape index (κ3) is 4.09. The molecule has 0 unspecified atom stereocenters. The zero-order chi connectivity index (χ0) is 22.7. The van der Waals surface area contributed by atoms with E-state index in [2.05, 4.69) is 4.98 Å². The van der Waals surface area contributed by atoms with Crippen LogP contribution in [0.5, 0.6) is 17.2 Å². The summed E-state index contributed by atoms with van der Waals surface area (Å²) in [4.78, 5) is 14.6. The van der Waals surface area contributed by atoms with Gasteiger partial charge in [-0.15, -0.1) is 0 Å². The number of aromatic nitrogens is 1. The Bertz CT molecular complexity index is 1240. The summed E-state index contributed by atoms with van der Waals surface area (Å²) >= 11 is 0. The first-order valence-corrected chi connectivity index (χ1v) is 9.95. The van der Waals surface area contributed by atoms with Crippen molar-refractivity contribution >= 4 is 16.9 Å². The molecule has 1 aromatic heterocycles. The van der Waals surface area contributed by atoms with Crippen LogP contribution in [0.25, 0.3) is 22.2 Å². The average Bonchev–Trinajstić information content (AvgIpc) is 3.17. The van der Waals surface area contributed by atoms with Gasteiger partial charge in [-0.1, -0.05) is 42.5 Å². The zero-order valence-corrected chi connectivity index (χ0v) is 17.6. The summed E-state index contributed by atoms with van der Waals surface area (Å²) in [6.45, 7) is 0.314. The molecule has 4 rings (SSSR count). The fraction of sp³-hybridized carbons (Fsp3) is 0.160. The van der Waals surface area contributed by atoms with Crippen molar-refractivity contribution in [3.05, 3.63) is 77.6 Å². The van der Waals surface area contributed by atoms with E-state index in [0.29, 0.717) is 46.1 Å². The highest BCUT2D eigenvalue weighted by Crippen LogP contribution is 2.43. The zero-order valence-electron chi connectivity index (χ0n) is 17.6. The molecule has 0 radical (unpaired) electrons. The van der Waals surface area contributed by atoms with Gasteiger partial charge in [0.15, 0.2) is 11.5 Å². The molecule has 0 amide bonds. The number of ether oxygens (including phenoxy) is 3. The number of fused-ring (bicyclic) bond motifs is 1. The van der Waals surface area contributed by atoms with Gasteiger partial charge in [0, 0.05) is 10.9 Å². The summed E-state index contributed by atoms with van der Waals surface area (Å²) in [5.41, 5.74) is 2.79. The van der Waals surface area contributed by atoms with Crippen LogP contribution >= 0.6 is 0 Å². The quantitative estimate of drug-likeness (QED) is 0.398. The molecular formula is C25H22FNO5. The average molecular weight is 435 g/mol. The van der Waals surface area contributed by atoms with Crippen molar-refractivity contribution in [2.75, 3.05) is 14.2 Å². The maximum absolute atomic E-state index is 14.4. The maximum atomic E-state index is 14.4. The molecule has 1 heterocycles. The van der Waals surface area contributed by atoms with E-state index in [1.807, 2.05) is 30.3 Å². The lowest BCUT2D eigenvalue weighted by Crippen LogP contribution is -2.02. The van der Waals surface area contributed by atoms with Gasteiger partial charge in [-0.2, -0.15) is 0 Å². The van der Waals surface area contributed by atoms with Gasteiger partial charge >= 0.3 is 5.97 Å². The molecule has 2 N–H and O–H groups in total. The molecule has 0 bridgehead atoms. The first-order valence-electron chi connectivity index (χ1n) is 9.95. The Labute approximate surface area is 184 Å². The topological polar surface area (TPSA) is 80.8 Å². The van der Waals surface area contributed by atoms with E-state index in [1.165, 1.54) is 20.3 Å². The van der Waals surface area contributed by atoms with Gasteiger partial charge in [0.05, 0.1) is 31.9 Å². The van der Waals surface area contributed by atoms with Crippen LogP contribution in [0, 0.1) is 5.82 Å². The first kappa shape index (κ1) is 21.2. The van der Waals surface area contributed by atoms with E-state index in [1.54, 1.807) is 24.3 Å². The summed E-state index contributed by atoms with van der Waals surface area (Å²) in [5, 5.41) is 9.95. The maximum Gasteiger partial charge on any atom is 0.307 e. The highest BCUT2D eigenvalue weighted by Gasteiger charge is 2.21. The minimum atomic E-state index is -1.02. The third-order valence-electron chi connectivity index (χ3n) is 5.19. The number of halogens is 1. The summed E-state index contributed by atoms with van der Waals surface area (Å²) in [5.74, 6) is -0.226. The predicted molar refractivity (Wildman–Crippen MR) is 119 cm³/mol. The summed E-state index contributed by atoms with van der Waals surface area (Å²) in [7, 11) is 3.02. The Morgan fingerprint density at radius 2 is 1.69 bits per heavy atom. The fourth-order valence-corrected chi connectivity index (χ4v) is 3.72. The number of carboxylic acid groups (broad SMARTS) is 1. The molecule has 6 nitrogen and oxygen atoms in total. The molecule has 0 atom stereocenters. The Morgan fingerprint density at radius 1 is 1.00 bits per heavy atom. The molecule has 4 aromatic rings. The largest absolute Gasteiger partial charge is 0.493 e. The number of para-hydroxylation sites is 1. The first-order chi connectivity index (χ1) is 15.5.